The summed E-state index contributed by atoms with van der Waals surface area (Å²) in [5, 5.41) is 10.4. The molecule has 1 aliphatic heterocycles. The lowest BCUT2D eigenvalue weighted by Gasteiger charge is -2.33. The number of benzene rings is 1. The smallest absolute Gasteiger partial charge is 0.147 e. The normalized spacial score (nSPS) is 16.4. The fraction of sp³-hybridized carbons (Fsp3) is 0.375. The lowest BCUT2D eigenvalue weighted by molar-refractivity contribution is 0.312. The third-order valence-electron chi connectivity index (χ3n) is 3.88. The molecule has 4 nitrogen and oxygen atoms in total. The number of pyridine rings is 1. The van der Waals surface area contributed by atoms with Crippen molar-refractivity contribution in [2.75, 3.05) is 38.1 Å². The van der Waals surface area contributed by atoms with Crippen molar-refractivity contribution in [2.24, 2.45) is 0 Å². The number of hydrogen-bond acceptors (Lipinski definition) is 4. The molecular formula is C16H18N4. The van der Waals surface area contributed by atoms with Crippen LogP contribution in [-0.2, 0) is 0 Å². The quantitative estimate of drug-likeness (QED) is 0.793. The van der Waals surface area contributed by atoms with E-state index < -0.39 is 0 Å². The second-order valence-corrected chi connectivity index (χ2v) is 5.46. The zero-order valence-electron chi connectivity index (χ0n) is 11.9. The van der Waals surface area contributed by atoms with E-state index in [1.807, 2.05) is 12.1 Å². The van der Waals surface area contributed by atoms with E-state index in [1.54, 1.807) is 0 Å². The van der Waals surface area contributed by atoms with Gasteiger partial charge in [-0.15, -0.1) is 0 Å². The van der Waals surface area contributed by atoms with Crippen LogP contribution < -0.4 is 4.90 Å². The molecule has 4 heteroatoms. The van der Waals surface area contributed by atoms with E-state index >= 15 is 0 Å². The minimum Gasteiger partial charge on any atom is -0.353 e. The molecule has 2 heterocycles. The van der Waals surface area contributed by atoms with Gasteiger partial charge < -0.3 is 9.80 Å². The number of nitriles is 1. The Kier molecular flexibility index (Phi) is 3.29. The average molecular weight is 266 g/mol. The second kappa shape index (κ2) is 5.10. The van der Waals surface area contributed by atoms with E-state index in [9.17, 15) is 5.26 Å². The van der Waals surface area contributed by atoms with Gasteiger partial charge >= 0.3 is 0 Å². The number of likely N-dealkylation sites (N-methyl/N-ethyl adjacent to an activating group) is 1. The van der Waals surface area contributed by atoms with Crippen molar-refractivity contribution in [2.45, 2.75) is 6.92 Å². The van der Waals surface area contributed by atoms with E-state index in [4.69, 9.17) is 4.98 Å². The van der Waals surface area contributed by atoms with E-state index in [1.165, 1.54) is 5.56 Å². The summed E-state index contributed by atoms with van der Waals surface area (Å²) in [5.41, 5.74) is 2.84. The highest BCUT2D eigenvalue weighted by Gasteiger charge is 2.19. The molecule has 0 saturated carbocycles. The van der Waals surface area contributed by atoms with Gasteiger partial charge in [0, 0.05) is 31.6 Å². The Balaban J connectivity index is 2.06. The predicted octanol–water partition coefficient (Wildman–Crippen LogP) is 2.17. The molecule has 0 bridgehead atoms. The Labute approximate surface area is 119 Å². The summed E-state index contributed by atoms with van der Waals surface area (Å²) in [6.07, 6.45) is 0. The van der Waals surface area contributed by atoms with Crippen molar-refractivity contribution in [3.8, 4) is 6.07 Å². The number of aromatic nitrogens is 1. The zero-order valence-corrected chi connectivity index (χ0v) is 11.9. The highest BCUT2D eigenvalue weighted by molar-refractivity contribution is 5.83. The standard InChI is InChI=1S/C16H18N4/c1-12-3-4-13-10-14(11-17)16(18-15(13)9-12)20-7-5-19(2)6-8-20/h3-4,9-10H,5-8H2,1-2H3. The molecule has 0 spiro atoms. The molecule has 1 saturated heterocycles. The predicted molar refractivity (Wildman–Crippen MR) is 80.9 cm³/mol. The van der Waals surface area contributed by atoms with Crippen LogP contribution in [0.2, 0.25) is 0 Å². The number of fused-ring (bicyclic) bond motifs is 1. The first kappa shape index (κ1) is 12.9. The summed E-state index contributed by atoms with van der Waals surface area (Å²) >= 11 is 0. The number of aryl methyl sites for hydroxylation is 1. The van der Waals surface area contributed by atoms with Gasteiger partial charge in [-0.2, -0.15) is 5.26 Å². The van der Waals surface area contributed by atoms with Crippen LogP contribution in [0, 0.1) is 18.3 Å². The average Bonchev–Trinajstić information content (AvgIpc) is 2.46. The molecule has 1 aromatic heterocycles. The van der Waals surface area contributed by atoms with Gasteiger partial charge in [-0.3, -0.25) is 0 Å². The summed E-state index contributed by atoms with van der Waals surface area (Å²) in [5.74, 6) is 0.832. The fourth-order valence-electron chi connectivity index (χ4n) is 2.61. The molecule has 102 valence electrons. The largest absolute Gasteiger partial charge is 0.353 e. The highest BCUT2D eigenvalue weighted by Crippen LogP contribution is 2.24. The van der Waals surface area contributed by atoms with E-state index in [2.05, 4.69) is 42.0 Å². The fourth-order valence-corrected chi connectivity index (χ4v) is 2.61. The number of piperazine rings is 1. The third kappa shape index (κ3) is 2.33. The SMILES string of the molecule is Cc1ccc2cc(C#N)c(N3CCN(C)CC3)nc2c1. The van der Waals surface area contributed by atoms with Crippen molar-refractivity contribution in [1.29, 1.82) is 5.26 Å². The van der Waals surface area contributed by atoms with Crippen LogP contribution in [0.4, 0.5) is 5.82 Å². The molecule has 0 atom stereocenters. The molecule has 0 amide bonds. The van der Waals surface area contributed by atoms with Gasteiger partial charge in [-0.05, 0) is 31.7 Å². The molecule has 0 unspecified atom stereocenters. The number of nitrogens with zero attached hydrogens (tertiary/aromatic N) is 4. The Bertz CT molecular complexity index is 679. The molecule has 0 aliphatic carbocycles. The van der Waals surface area contributed by atoms with Gasteiger partial charge in [0.1, 0.15) is 11.9 Å². The van der Waals surface area contributed by atoms with Crippen molar-refractivity contribution < 1.29 is 0 Å². The lowest BCUT2D eigenvalue weighted by Crippen LogP contribution is -2.45. The van der Waals surface area contributed by atoms with Crippen LogP contribution >= 0.6 is 0 Å². The lowest BCUT2D eigenvalue weighted by atomic mass is 10.1. The highest BCUT2D eigenvalue weighted by atomic mass is 15.3. The van der Waals surface area contributed by atoms with Crippen LogP contribution in [0.25, 0.3) is 10.9 Å². The van der Waals surface area contributed by atoms with Crippen LogP contribution in [0.5, 0.6) is 0 Å². The minimum absolute atomic E-state index is 0.672. The Morgan fingerprint density at radius 3 is 2.60 bits per heavy atom. The first-order chi connectivity index (χ1) is 9.67. The maximum atomic E-state index is 9.39. The van der Waals surface area contributed by atoms with E-state index in [0.717, 1.165) is 42.9 Å². The van der Waals surface area contributed by atoms with E-state index in [-0.39, 0.29) is 0 Å². The number of anilines is 1. The molecular weight excluding hydrogens is 248 g/mol. The second-order valence-electron chi connectivity index (χ2n) is 5.46. The van der Waals surface area contributed by atoms with Crippen LogP contribution in [-0.4, -0.2) is 43.1 Å². The zero-order chi connectivity index (χ0) is 14.1. The van der Waals surface area contributed by atoms with Crippen molar-refractivity contribution in [3.05, 3.63) is 35.4 Å². The minimum atomic E-state index is 0.672. The molecule has 1 fully saturated rings. The summed E-state index contributed by atoms with van der Waals surface area (Å²) in [6.45, 7) is 5.94. The topological polar surface area (TPSA) is 43.2 Å². The number of hydrogen-bond donors (Lipinski definition) is 0. The molecule has 1 aromatic carbocycles. The molecule has 1 aliphatic rings. The Morgan fingerprint density at radius 1 is 1.15 bits per heavy atom. The van der Waals surface area contributed by atoms with Gasteiger partial charge in [0.2, 0.25) is 0 Å². The summed E-state index contributed by atoms with van der Waals surface area (Å²) in [7, 11) is 2.12. The summed E-state index contributed by atoms with van der Waals surface area (Å²) in [4.78, 5) is 9.26. The van der Waals surface area contributed by atoms with Crippen molar-refractivity contribution >= 4 is 16.7 Å². The molecule has 20 heavy (non-hydrogen) atoms. The van der Waals surface area contributed by atoms with Crippen LogP contribution in [0.3, 0.4) is 0 Å². The summed E-state index contributed by atoms with van der Waals surface area (Å²) in [6, 6.07) is 10.4. The number of rotatable bonds is 1. The van der Waals surface area contributed by atoms with Gasteiger partial charge in [-0.25, -0.2) is 4.98 Å². The van der Waals surface area contributed by atoms with E-state index in [0.29, 0.717) is 5.56 Å². The van der Waals surface area contributed by atoms with Gasteiger partial charge in [0.05, 0.1) is 11.1 Å². The van der Waals surface area contributed by atoms with Crippen molar-refractivity contribution in [3.63, 3.8) is 0 Å². The van der Waals surface area contributed by atoms with Gasteiger partial charge in [0.15, 0.2) is 0 Å². The van der Waals surface area contributed by atoms with Gasteiger partial charge in [-0.1, -0.05) is 12.1 Å². The van der Waals surface area contributed by atoms with Crippen LogP contribution in [0.1, 0.15) is 11.1 Å². The molecule has 0 radical (unpaired) electrons. The van der Waals surface area contributed by atoms with Crippen LogP contribution in [0.15, 0.2) is 24.3 Å². The molecule has 0 N–H and O–H groups in total. The third-order valence-corrected chi connectivity index (χ3v) is 3.88. The summed E-state index contributed by atoms with van der Waals surface area (Å²) < 4.78 is 0. The molecule has 3 rings (SSSR count). The Hall–Kier alpha value is -2.12. The first-order valence-corrected chi connectivity index (χ1v) is 6.92. The maximum Gasteiger partial charge on any atom is 0.147 e. The first-order valence-electron chi connectivity index (χ1n) is 6.92. The Morgan fingerprint density at radius 2 is 1.90 bits per heavy atom. The van der Waals surface area contributed by atoms with Crippen molar-refractivity contribution in [1.82, 2.24) is 9.88 Å². The van der Waals surface area contributed by atoms with Gasteiger partial charge in [0.25, 0.3) is 0 Å². The molecule has 2 aromatic rings. The maximum absolute atomic E-state index is 9.39. The monoisotopic (exact) mass is 266 g/mol.